The van der Waals surface area contributed by atoms with Crippen molar-refractivity contribution in [3.63, 3.8) is 0 Å². The van der Waals surface area contributed by atoms with Crippen LogP contribution in [0, 0.1) is 0 Å². The van der Waals surface area contributed by atoms with Crippen molar-refractivity contribution in [2.45, 2.75) is 60.8 Å². The summed E-state index contributed by atoms with van der Waals surface area (Å²) in [5.41, 5.74) is 9.09. The fourth-order valence-corrected chi connectivity index (χ4v) is 2.20. The number of rotatable bonds is 0. The molecule has 1 aliphatic rings. The highest BCUT2D eigenvalue weighted by Gasteiger charge is 2.09. The van der Waals surface area contributed by atoms with Crippen LogP contribution in [-0.4, -0.2) is 0 Å². The molecule has 0 spiro atoms. The van der Waals surface area contributed by atoms with Crippen LogP contribution < -0.4 is 0 Å². The molecular weight excluding hydrogens is 180 g/mol. The second kappa shape index (κ2) is 4.83. The van der Waals surface area contributed by atoms with Gasteiger partial charge in [0.1, 0.15) is 0 Å². The van der Waals surface area contributed by atoms with Crippen LogP contribution in [0.4, 0.5) is 0 Å². The predicted molar refractivity (Wildman–Crippen MR) is 69.0 cm³/mol. The van der Waals surface area contributed by atoms with E-state index in [1.54, 1.807) is 11.1 Å². The van der Waals surface area contributed by atoms with Gasteiger partial charge in [0.05, 0.1) is 0 Å². The van der Waals surface area contributed by atoms with Gasteiger partial charge in [0.25, 0.3) is 0 Å². The monoisotopic (exact) mass is 204 g/mol. The molecule has 0 unspecified atom stereocenters. The van der Waals surface area contributed by atoms with Crippen LogP contribution in [0.15, 0.2) is 33.4 Å². The molecule has 0 fully saturated rings. The average Bonchev–Trinajstić information content (AvgIpc) is 2.25. The molecule has 84 valence electrons. The zero-order chi connectivity index (χ0) is 11.6. The highest BCUT2D eigenvalue weighted by Crippen LogP contribution is 2.29. The first-order valence-corrected chi connectivity index (χ1v) is 5.96. The minimum absolute atomic E-state index is 1.25. The highest BCUT2D eigenvalue weighted by molar-refractivity contribution is 5.44. The molecule has 0 atom stereocenters. The molecular formula is C15H24. The average molecular weight is 204 g/mol. The summed E-state index contributed by atoms with van der Waals surface area (Å²) in [5.74, 6) is 0. The molecule has 0 aromatic heterocycles. The van der Waals surface area contributed by atoms with Crippen molar-refractivity contribution < 1.29 is 0 Å². The van der Waals surface area contributed by atoms with Crippen LogP contribution >= 0.6 is 0 Å². The van der Waals surface area contributed by atoms with Gasteiger partial charge in [-0.15, -0.1) is 0 Å². The lowest BCUT2D eigenvalue weighted by molar-refractivity contribution is 0.795. The molecule has 0 radical (unpaired) electrons. The summed E-state index contributed by atoms with van der Waals surface area (Å²) in [6, 6.07) is 0. The van der Waals surface area contributed by atoms with Crippen molar-refractivity contribution in [2.24, 2.45) is 0 Å². The fraction of sp³-hybridized carbons (Fsp3) is 0.600. The van der Waals surface area contributed by atoms with Gasteiger partial charge in [0.2, 0.25) is 0 Å². The van der Waals surface area contributed by atoms with Crippen molar-refractivity contribution >= 4 is 0 Å². The van der Waals surface area contributed by atoms with Gasteiger partial charge in [-0.05, 0) is 83.1 Å². The Balaban J connectivity index is 3.30. The van der Waals surface area contributed by atoms with Gasteiger partial charge in [-0.1, -0.05) is 11.1 Å². The molecule has 0 saturated carbocycles. The van der Waals surface area contributed by atoms with Gasteiger partial charge in [-0.3, -0.25) is 0 Å². The second-order valence-electron chi connectivity index (χ2n) is 4.91. The van der Waals surface area contributed by atoms with E-state index < -0.39 is 0 Å². The van der Waals surface area contributed by atoms with Gasteiger partial charge in [-0.2, -0.15) is 0 Å². The van der Waals surface area contributed by atoms with Crippen LogP contribution in [0.3, 0.4) is 0 Å². The highest BCUT2D eigenvalue weighted by atomic mass is 14.2. The largest absolute Gasteiger partial charge is 0.0701 e. The van der Waals surface area contributed by atoms with Crippen LogP contribution in [-0.2, 0) is 0 Å². The zero-order valence-electron chi connectivity index (χ0n) is 11.1. The molecule has 0 aromatic carbocycles. The molecule has 1 rings (SSSR count). The Morgan fingerprint density at radius 3 is 1.20 bits per heavy atom. The van der Waals surface area contributed by atoms with E-state index >= 15 is 0 Å². The van der Waals surface area contributed by atoms with E-state index in [-0.39, 0.29) is 0 Å². The van der Waals surface area contributed by atoms with Crippen molar-refractivity contribution in [1.29, 1.82) is 0 Å². The summed E-state index contributed by atoms with van der Waals surface area (Å²) in [5, 5.41) is 0. The third-order valence-corrected chi connectivity index (χ3v) is 4.07. The van der Waals surface area contributed by atoms with Gasteiger partial charge in [-0.25, -0.2) is 0 Å². The molecule has 0 N–H and O–H groups in total. The molecule has 15 heavy (non-hydrogen) atoms. The first-order chi connectivity index (χ1) is 6.95. The van der Waals surface area contributed by atoms with Gasteiger partial charge >= 0.3 is 0 Å². The Morgan fingerprint density at radius 2 is 0.867 bits per heavy atom. The summed E-state index contributed by atoms with van der Waals surface area (Å²) >= 11 is 0. The van der Waals surface area contributed by atoms with Crippen LogP contribution in [0.2, 0.25) is 0 Å². The van der Waals surface area contributed by atoms with E-state index in [0.29, 0.717) is 0 Å². The number of allylic oxidation sites excluding steroid dienone is 6. The van der Waals surface area contributed by atoms with E-state index in [1.807, 2.05) is 0 Å². The van der Waals surface area contributed by atoms with Crippen molar-refractivity contribution in [1.82, 2.24) is 0 Å². The quantitative estimate of drug-likeness (QED) is 0.510. The smallest absolute Gasteiger partial charge is 0.0314 e. The van der Waals surface area contributed by atoms with E-state index in [2.05, 4.69) is 41.5 Å². The topological polar surface area (TPSA) is 0 Å². The summed E-state index contributed by atoms with van der Waals surface area (Å²) in [6.07, 6.45) is 3.80. The van der Waals surface area contributed by atoms with E-state index in [1.165, 1.54) is 41.6 Å². The third-order valence-electron chi connectivity index (χ3n) is 4.07. The maximum Gasteiger partial charge on any atom is -0.0314 e. The van der Waals surface area contributed by atoms with Gasteiger partial charge in [0.15, 0.2) is 0 Å². The predicted octanol–water partition coefficient (Wildman–Crippen LogP) is 5.18. The lowest BCUT2D eigenvalue weighted by Crippen LogP contribution is -1.92. The third kappa shape index (κ3) is 2.62. The Hall–Kier alpha value is -0.780. The van der Waals surface area contributed by atoms with Gasteiger partial charge < -0.3 is 0 Å². The first kappa shape index (κ1) is 12.3. The minimum Gasteiger partial charge on any atom is -0.0701 e. The lowest BCUT2D eigenvalue weighted by Gasteiger charge is -2.12. The summed E-state index contributed by atoms with van der Waals surface area (Å²) in [7, 11) is 0. The Kier molecular flexibility index (Phi) is 3.96. The summed E-state index contributed by atoms with van der Waals surface area (Å²) < 4.78 is 0. The Bertz CT molecular complexity index is 314. The van der Waals surface area contributed by atoms with Gasteiger partial charge in [0, 0.05) is 0 Å². The van der Waals surface area contributed by atoms with E-state index in [9.17, 15) is 0 Å². The van der Waals surface area contributed by atoms with Crippen molar-refractivity contribution in [3.8, 4) is 0 Å². The van der Waals surface area contributed by atoms with E-state index in [0.717, 1.165) is 0 Å². The molecule has 0 bridgehead atoms. The normalized spacial score (nSPS) is 20.4. The number of hydrogen-bond donors (Lipinski definition) is 0. The van der Waals surface area contributed by atoms with Crippen molar-refractivity contribution in [3.05, 3.63) is 33.4 Å². The molecule has 0 aromatic rings. The molecule has 0 heteroatoms. The Labute approximate surface area is 94.8 Å². The second-order valence-corrected chi connectivity index (χ2v) is 4.91. The minimum atomic E-state index is 1.25. The standard InChI is InChI=1S/C15H24/c1-10-8-7-9-11(2)13(4)15(6)14(5)12(10)3/h7-9H2,1-6H3. The lowest BCUT2D eigenvalue weighted by atomic mass is 9.94. The van der Waals surface area contributed by atoms with E-state index in [4.69, 9.17) is 0 Å². The maximum atomic E-state index is 2.28. The molecule has 1 aliphatic carbocycles. The first-order valence-electron chi connectivity index (χ1n) is 5.96. The van der Waals surface area contributed by atoms with Crippen LogP contribution in [0.5, 0.6) is 0 Å². The molecule has 0 heterocycles. The zero-order valence-corrected chi connectivity index (χ0v) is 11.1. The SMILES string of the molecule is CC1=C(C)C(C)=C(C)C(C)=C(C)CCC1. The Morgan fingerprint density at radius 1 is 0.533 bits per heavy atom. The molecule has 0 aliphatic heterocycles. The fourth-order valence-electron chi connectivity index (χ4n) is 2.20. The van der Waals surface area contributed by atoms with Crippen LogP contribution in [0.25, 0.3) is 0 Å². The number of hydrogen-bond acceptors (Lipinski definition) is 0. The molecule has 0 saturated heterocycles. The van der Waals surface area contributed by atoms with Crippen molar-refractivity contribution in [2.75, 3.05) is 0 Å². The molecule has 0 nitrogen and oxygen atoms in total. The summed E-state index contributed by atoms with van der Waals surface area (Å²) in [4.78, 5) is 0. The summed E-state index contributed by atoms with van der Waals surface area (Å²) in [6.45, 7) is 13.6. The molecule has 0 amide bonds. The van der Waals surface area contributed by atoms with Crippen LogP contribution in [0.1, 0.15) is 60.8 Å². The maximum absolute atomic E-state index is 2.28.